The third-order valence-electron chi connectivity index (χ3n) is 5.98. The summed E-state index contributed by atoms with van der Waals surface area (Å²) in [6.07, 6.45) is 4.27. The van der Waals surface area contributed by atoms with Crippen molar-refractivity contribution in [1.29, 1.82) is 0 Å². The molecule has 1 aromatic carbocycles. The fraction of sp³-hybridized carbons (Fsp3) is 0.360. The molecular weight excluding hydrogens is 430 g/mol. The minimum Gasteiger partial charge on any atom is -0.508 e. The Morgan fingerprint density at radius 2 is 1.82 bits per heavy atom. The molecule has 9 nitrogen and oxygen atoms in total. The van der Waals surface area contributed by atoms with E-state index in [1.54, 1.807) is 18.5 Å². The van der Waals surface area contributed by atoms with Crippen molar-refractivity contribution in [2.45, 2.75) is 26.3 Å². The van der Waals surface area contributed by atoms with E-state index in [9.17, 15) is 5.11 Å². The van der Waals surface area contributed by atoms with Crippen molar-refractivity contribution < 1.29 is 9.84 Å². The van der Waals surface area contributed by atoms with Gasteiger partial charge in [0.25, 0.3) is 0 Å². The van der Waals surface area contributed by atoms with Gasteiger partial charge in [0, 0.05) is 37.4 Å². The molecule has 1 saturated heterocycles. The highest BCUT2D eigenvalue weighted by Gasteiger charge is 2.20. The van der Waals surface area contributed by atoms with Crippen LogP contribution in [0.2, 0.25) is 0 Å². The van der Waals surface area contributed by atoms with Gasteiger partial charge in [-0.15, -0.1) is 0 Å². The number of morpholine rings is 1. The fourth-order valence-electron chi connectivity index (χ4n) is 4.22. The fourth-order valence-corrected chi connectivity index (χ4v) is 4.22. The number of fused-ring (bicyclic) bond motifs is 1. The average Bonchev–Trinajstić information content (AvgIpc) is 3.27. The lowest BCUT2D eigenvalue weighted by Gasteiger charge is -2.27. The van der Waals surface area contributed by atoms with Crippen molar-refractivity contribution in [1.82, 2.24) is 24.5 Å². The molecule has 0 spiro atoms. The standard InChI is InChI=1S/C25H29N7O2/c1-17(2)32-24(19-5-8-21(27-15-19)31-11-13-34-14-12-31)30-22-23(28-16-29-25(22)32)26-10-9-18-3-6-20(33)7-4-18/h3-8,15-17,33H,9-14H2,1-2H3,(H,26,28,29). The predicted octanol–water partition coefficient (Wildman–Crippen LogP) is 3.67. The second-order valence-corrected chi connectivity index (χ2v) is 8.64. The zero-order chi connectivity index (χ0) is 23.5. The number of nitrogens with zero attached hydrogens (tertiary/aromatic N) is 6. The van der Waals surface area contributed by atoms with E-state index in [0.717, 1.165) is 66.7 Å². The molecule has 4 aromatic rings. The van der Waals surface area contributed by atoms with E-state index in [4.69, 9.17) is 14.7 Å². The summed E-state index contributed by atoms with van der Waals surface area (Å²) < 4.78 is 7.58. The van der Waals surface area contributed by atoms with E-state index in [1.807, 2.05) is 24.4 Å². The SMILES string of the molecule is CC(C)n1c(-c2ccc(N3CCOCC3)nc2)nc2c(NCCc3ccc(O)cc3)ncnc21. The highest BCUT2D eigenvalue weighted by atomic mass is 16.5. The number of benzene rings is 1. The third kappa shape index (κ3) is 4.51. The van der Waals surface area contributed by atoms with E-state index < -0.39 is 0 Å². The molecule has 0 atom stereocenters. The third-order valence-corrected chi connectivity index (χ3v) is 5.98. The van der Waals surface area contributed by atoms with Crippen LogP contribution in [-0.2, 0) is 11.2 Å². The van der Waals surface area contributed by atoms with Crippen LogP contribution in [0, 0.1) is 0 Å². The maximum absolute atomic E-state index is 9.47. The summed E-state index contributed by atoms with van der Waals surface area (Å²) >= 11 is 0. The normalized spacial score (nSPS) is 14.1. The molecule has 0 saturated carbocycles. The molecule has 0 radical (unpaired) electrons. The molecule has 4 heterocycles. The summed E-state index contributed by atoms with van der Waals surface area (Å²) in [7, 11) is 0. The van der Waals surface area contributed by atoms with Gasteiger partial charge < -0.3 is 24.6 Å². The number of phenolic OH excluding ortho intramolecular Hbond substituents is 1. The molecule has 3 aromatic heterocycles. The minimum atomic E-state index is 0.165. The Balaban J connectivity index is 1.41. The molecule has 34 heavy (non-hydrogen) atoms. The lowest BCUT2D eigenvalue weighted by Crippen LogP contribution is -2.36. The molecule has 1 fully saturated rings. The van der Waals surface area contributed by atoms with E-state index in [2.05, 4.69) is 44.7 Å². The van der Waals surface area contributed by atoms with E-state index >= 15 is 0 Å². The van der Waals surface area contributed by atoms with Crippen LogP contribution in [0.15, 0.2) is 48.9 Å². The molecule has 1 aliphatic heterocycles. The Kier molecular flexibility index (Phi) is 6.27. The summed E-state index contributed by atoms with van der Waals surface area (Å²) in [5.41, 5.74) is 3.62. The maximum Gasteiger partial charge on any atom is 0.166 e. The van der Waals surface area contributed by atoms with E-state index in [1.165, 1.54) is 0 Å². The number of aromatic hydroxyl groups is 1. The molecule has 176 valence electrons. The first-order chi connectivity index (χ1) is 16.6. The first-order valence-corrected chi connectivity index (χ1v) is 11.6. The highest BCUT2D eigenvalue weighted by molar-refractivity contribution is 5.86. The number of hydrogen-bond donors (Lipinski definition) is 2. The monoisotopic (exact) mass is 459 g/mol. The smallest absolute Gasteiger partial charge is 0.166 e. The summed E-state index contributed by atoms with van der Waals surface area (Å²) in [5.74, 6) is 2.76. The number of nitrogens with one attached hydrogen (secondary N) is 1. The number of pyridine rings is 1. The summed E-state index contributed by atoms with van der Waals surface area (Å²) in [6, 6.07) is 11.5. The first kappa shape index (κ1) is 22.1. The molecule has 0 aliphatic carbocycles. The van der Waals surface area contributed by atoms with Crippen molar-refractivity contribution in [3.63, 3.8) is 0 Å². The van der Waals surface area contributed by atoms with Gasteiger partial charge in [0.1, 0.15) is 23.7 Å². The Hall–Kier alpha value is -3.72. The number of ether oxygens (including phenoxy) is 1. The second-order valence-electron chi connectivity index (χ2n) is 8.64. The van der Waals surface area contributed by atoms with Gasteiger partial charge in [0.2, 0.25) is 0 Å². The van der Waals surface area contributed by atoms with Gasteiger partial charge >= 0.3 is 0 Å². The van der Waals surface area contributed by atoms with Crippen LogP contribution in [-0.4, -0.2) is 62.5 Å². The largest absolute Gasteiger partial charge is 0.508 e. The zero-order valence-electron chi connectivity index (χ0n) is 19.5. The molecule has 0 unspecified atom stereocenters. The van der Waals surface area contributed by atoms with Crippen molar-refractivity contribution in [2.24, 2.45) is 0 Å². The summed E-state index contributed by atoms with van der Waals surface area (Å²) in [5, 5.41) is 12.9. The van der Waals surface area contributed by atoms with Crippen molar-refractivity contribution in [3.05, 3.63) is 54.5 Å². The molecule has 2 N–H and O–H groups in total. The summed E-state index contributed by atoms with van der Waals surface area (Å²) in [4.78, 5) is 20.9. The van der Waals surface area contributed by atoms with Gasteiger partial charge in [0.05, 0.1) is 13.2 Å². The molecule has 9 heteroatoms. The molecule has 0 bridgehead atoms. The molecule has 1 aliphatic rings. The minimum absolute atomic E-state index is 0.165. The predicted molar refractivity (Wildman–Crippen MR) is 132 cm³/mol. The summed E-state index contributed by atoms with van der Waals surface area (Å²) in [6.45, 7) is 8.11. The van der Waals surface area contributed by atoms with Gasteiger partial charge in [-0.2, -0.15) is 0 Å². The van der Waals surface area contributed by atoms with Gasteiger partial charge in [0.15, 0.2) is 17.0 Å². The van der Waals surface area contributed by atoms with Crippen LogP contribution in [0.4, 0.5) is 11.6 Å². The first-order valence-electron chi connectivity index (χ1n) is 11.6. The molecular formula is C25H29N7O2. The van der Waals surface area contributed by atoms with E-state index in [-0.39, 0.29) is 11.8 Å². The second kappa shape index (κ2) is 9.64. The maximum atomic E-state index is 9.47. The molecule has 5 rings (SSSR count). The van der Waals surface area contributed by atoms with Gasteiger partial charge in [-0.1, -0.05) is 12.1 Å². The lowest BCUT2D eigenvalue weighted by atomic mass is 10.1. The Morgan fingerprint density at radius 1 is 1.03 bits per heavy atom. The quantitative estimate of drug-likeness (QED) is 0.432. The van der Waals surface area contributed by atoms with Crippen LogP contribution < -0.4 is 10.2 Å². The van der Waals surface area contributed by atoms with Gasteiger partial charge in [-0.25, -0.2) is 19.9 Å². The number of imidazole rings is 1. The van der Waals surface area contributed by atoms with Crippen LogP contribution in [0.1, 0.15) is 25.5 Å². The zero-order valence-corrected chi connectivity index (χ0v) is 19.5. The highest BCUT2D eigenvalue weighted by Crippen LogP contribution is 2.30. The van der Waals surface area contributed by atoms with Crippen molar-refractivity contribution in [3.8, 4) is 17.1 Å². The molecule has 0 amide bonds. The topological polar surface area (TPSA) is 101 Å². The van der Waals surface area contributed by atoms with Crippen molar-refractivity contribution in [2.75, 3.05) is 43.1 Å². The number of rotatable bonds is 7. The van der Waals surface area contributed by atoms with Gasteiger partial charge in [-0.3, -0.25) is 0 Å². The van der Waals surface area contributed by atoms with Crippen LogP contribution in [0.25, 0.3) is 22.6 Å². The Labute approximate surface area is 198 Å². The average molecular weight is 460 g/mol. The van der Waals surface area contributed by atoms with E-state index in [0.29, 0.717) is 12.4 Å². The Bertz CT molecular complexity index is 1250. The number of aromatic nitrogens is 5. The number of anilines is 2. The number of hydrogen-bond acceptors (Lipinski definition) is 8. The van der Waals surface area contributed by atoms with Crippen molar-refractivity contribution >= 4 is 22.8 Å². The van der Waals surface area contributed by atoms with Crippen LogP contribution in [0.5, 0.6) is 5.75 Å². The van der Waals surface area contributed by atoms with Crippen LogP contribution in [0.3, 0.4) is 0 Å². The Morgan fingerprint density at radius 3 is 2.53 bits per heavy atom. The van der Waals surface area contributed by atoms with Gasteiger partial charge in [-0.05, 0) is 50.1 Å². The lowest BCUT2D eigenvalue weighted by molar-refractivity contribution is 0.122. The number of phenols is 1. The van der Waals surface area contributed by atoms with Crippen LogP contribution >= 0.6 is 0 Å².